The smallest absolute Gasteiger partial charge is 0.174 e. The number of rotatable bonds is 6. The van der Waals surface area contributed by atoms with Crippen LogP contribution >= 0.6 is 0 Å². The number of hydrogen-bond donors (Lipinski definition) is 0. The van der Waals surface area contributed by atoms with Gasteiger partial charge in [0, 0.05) is 31.9 Å². The molecule has 3 aromatic heterocycles. The van der Waals surface area contributed by atoms with E-state index in [9.17, 15) is 0 Å². The van der Waals surface area contributed by atoms with Crippen molar-refractivity contribution in [3.8, 4) is 0 Å². The first kappa shape index (κ1) is 20.5. The third-order valence-electron chi connectivity index (χ3n) is 7.23. The molecule has 8 nitrogen and oxygen atoms in total. The standard InChI is InChI=1S/C25H30N8/c1-2-7-20(8-3-1)19-32-25(27-28-29-32)24(23-12-5-11-22-13-14-26-33(22)23)31-16-6-15-30(17-18-31)21-9-4-10-21/h1-3,5,7-8,11-14,21,24H,4,6,9-10,15-19H2. The Kier molecular flexibility index (Phi) is 5.61. The molecule has 1 atom stereocenters. The Morgan fingerprint density at radius 2 is 1.79 bits per heavy atom. The van der Waals surface area contributed by atoms with Crippen molar-refractivity contribution in [1.29, 1.82) is 0 Å². The highest BCUT2D eigenvalue weighted by Crippen LogP contribution is 2.31. The summed E-state index contributed by atoms with van der Waals surface area (Å²) in [6.45, 7) is 4.93. The Labute approximate surface area is 193 Å². The summed E-state index contributed by atoms with van der Waals surface area (Å²) in [5, 5.41) is 17.7. The molecule has 1 aliphatic carbocycles. The zero-order valence-corrected chi connectivity index (χ0v) is 18.9. The van der Waals surface area contributed by atoms with Gasteiger partial charge in [-0.15, -0.1) is 5.10 Å². The summed E-state index contributed by atoms with van der Waals surface area (Å²) in [5.74, 6) is 0.874. The Balaban J connectivity index is 1.38. The van der Waals surface area contributed by atoms with Crippen molar-refractivity contribution in [3.05, 3.63) is 77.9 Å². The molecule has 6 rings (SSSR count). The Hall–Kier alpha value is -3.10. The van der Waals surface area contributed by atoms with E-state index in [1.807, 2.05) is 27.5 Å². The summed E-state index contributed by atoms with van der Waals surface area (Å²) in [5.41, 5.74) is 3.39. The van der Waals surface area contributed by atoms with Gasteiger partial charge in [0.15, 0.2) is 5.82 Å². The van der Waals surface area contributed by atoms with Crippen molar-refractivity contribution in [2.75, 3.05) is 26.2 Å². The first-order chi connectivity index (χ1) is 16.4. The van der Waals surface area contributed by atoms with Crippen molar-refractivity contribution < 1.29 is 0 Å². The molecule has 1 unspecified atom stereocenters. The van der Waals surface area contributed by atoms with Gasteiger partial charge in [0.2, 0.25) is 0 Å². The van der Waals surface area contributed by atoms with Crippen molar-refractivity contribution in [1.82, 2.24) is 39.6 Å². The second kappa shape index (κ2) is 9.03. The van der Waals surface area contributed by atoms with Crippen molar-refractivity contribution >= 4 is 5.52 Å². The molecule has 33 heavy (non-hydrogen) atoms. The van der Waals surface area contributed by atoms with Crippen LogP contribution in [0.1, 0.15) is 48.8 Å². The van der Waals surface area contributed by atoms with Crippen molar-refractivity contribution in [2.45, 2.75) is 44.3 Å². The molecule has 0 amide bonds. The first-order valence-electron chi connectivity index (χ1n) is 12.1. The second-order valence-corrected chi connectivity index (χ2v) is 9.21. The zero-order valence-electron chi connectivity index (χ0n) is 18.9. The van der Waals surface area contributed by atoms with Gasteiger partial charge in [-0.3, -0.25) is 9.80 Å². The molecule has 4 heterocycles. The molecule has 170 valence electrons. The number of tetrazole rings is 1. The van der Waals surface area contributed by atoms with Crippen LogP contribution in [0.2, 0.25) is 0 Å². The average Bonchev–Trinajstić information content (AvgIpc) is 3.40. The fraction of sp³-hybridized carbons (Fsp3) is 0.440. The van der Waals surface area contributed by atoms with Crippen LogP contribution in [-0.4, -0.2) is 71.8 Å². The molecule has 8 heteroatoms. The molecule has 0 spiro atoms. The number of nitrogens with zero attached hydrogens (tertiary/aromatic N) is 8. The van der Waals surface area contributed by atoms with E-state index < -0.39 is 0 Å². The summed E-state index contributed by atoms with van der Waals surface area (Å²) in [7, 11) is 0. The molecule has 4 aromatic rings. The molecule has 1 aliphatic heterocycles. The second-order valence-electron chi connectivity index (χ2n) is 9.21. The minimum atomic E-state index is -0.0614. The number of aromatic nitrogens is 6. The summed E-state index contributed by atoms with van der Waals surface area (Å²) in [6.07, 6.45) is 7.10. The van der Waals surface area contributed by atoms with Gasteiger partial charge in [0.05, 0.1) is 17.8 Å². The van der Waals surface area contributed by atoms with Gasteiger partial charge in [-0.05, 0) is 60.0 Å². The van der Waals surface area contributed by atoms with Crippen LogP contribution in [0.5, 0.6) is 0 Å². The first-order valence-corrected chi connectivity index (χ1v) is 12.1. The van der Waals surface area contributed by atoms with E-state index in [0.717, 1.165) is 49.1 Å². The van der Waals surface area contributed by atoms with E-state index in [0.29, 0.717) is 6.54 Å². The van der Waals surface area contributed by atoms with Crippen molar-refractivity contribution in [2.24, 2.45) is 0 Å². The third kappa shape index (κ3) is 4.05. The lowest BCUT2D eigenvalue weighted by Crippen LogP contribution is -2.43. The van der Waals surface area contributed by atoms with E-state index in [-0.39, 0.29) is 6.04 Å². The average molecular weight is 443 g/mol. The minimum Gasteiger partial charge on any atom is -0.299 e. The Bertz CT molecular complexity index is 1200. The van der Waals surface area contributed by atoms with Gasteiger partial charge in [-0.2, -0.15) is 5.10 Å². The van der Waals surface area contributed by atoms with Gasteiger partial charge >= 0.3 is 0 Å². The van der Waals surface area contributed by atoms with E-state index in [1.54, 1.807) is 0 Å². The molecular weight excluding hydrogens is 412 g/mol. The summed E-state index contributed by atoms with van der Waals surface area (Å²) >= 11 is 0. The van der Waals surface area contributed by atoms with Crippen LogP contribution in [-0.2, 0) is 6.54 Å². The maximum atomic E-state index is 4.65. The molecule has 0 radical (unpaired) electrons. The van der Waals surface area contributed by atoms with Crippen LogP contribution in [0.25, 0.3) is 5.52 Å². The van der Waals surface area contributed by atoms with Crippen LogP contribution in [0, 0.1) is 0 Å². The predicted molar refractivity (Wildman–Crippen MR) is 126 cm³/mol. The van der Waals surface area contributed by atoms with Gasteiger partial charge in [0.25, 0.3) is 0 Å². The normalized spacial score (nSPS) is 19.4. The molecule has 1 saturated carbocycles. The molecule has 2 fully saturated rings. The molecule has 1 aromatic carbocycles. The Morgan fingerprint density at radius 3 is 2.64 bits per heavy atom. The minimum absolute atomic E-state index is 0.0614. The highest BCUT2D eigenvalue weighted by Gasteiger charge is 2.33. The number of pyridine rings is 1. The predicted octanol–water partition coefficient (Wildman–Crippen LogP) is 3.02. The third-order valence-corrected chi connectivity index (χ3v) is 7.23. The number of fused-ring (bicyclic) bond motifs is 1. The largest absolute Gasteiger partial charge is 0.299 e. The fourth-order valence-corrected chi connectivity index (χ4v) is 5.27. The van der Waals surface area contributed by atoms with E-state index in [1.165, 1.54) is 31.4 Å². The fourth-order valence-electron chi connectivity index (χ4n) is 5.27. The van der Waals surface area contributed by atoms with E-state index in [2.05, 4.69) is 72.9 Å². The maximum absolute atomic E-state index is 4.65. The maximum Gasteiger partial charge on any atom is 0.174 e. The summed E-state index contributed by atoms with van der Waals surface area (Å²) in [4.78, 5) is 5.25. The van der Waals surface area contributed by atoms with Crippen LogP contribution in [0.3, 0.4) is 0 Å². The monoisotopic (exact) mass is 442 g/mol. The highest BCUT2D eigenvalue weighted by atomic mass is 15.6. The number of hydrogen-bond acceptors (Lipinski definition) is 6. The molecule has 2 aliphatic rings. The van der Waals surface area contributed by atoms with Crippen LogP contribution in [0.4, 0.5) is 0 Å². The summed E-state index contributed by atoms with van der Waals surface area (Å²) in [6, 6.07) is 19.6. The quantitative estimate of drug-likeness (QED) is 0.457. The van der Waals surface area contributed by atoms with Gasteiger partial charge in [-0.1, -0.05) is 42.8 Å². The molecule has 0 bridgehead atoms. The Morgan fingerprint density at radius 1 is 0.879 bits per heavy atom. The van der Waals surface area contributed by atoms with Crippen LogP contribution in [0.15, 0.2) is 60.8 Å². The van der Waals surface area contributed by atoms with E-state index >= 15 is 0 Å². The van der Waals surface area contributed by atoms with Crippen LogP contribution < -0.4 is 0 Å². The SMILES string of the molecule is c1ccc(Cn2nnnc2C(c2cccc3ccnn23)N2CCCN(C3CCC3)CC2)cc1. The van der Waals surface area contributed by atoms with E-state index in [4.69, 9.17) is 0 Å². The molecular formula is C25H30N8. The van der Waals surface area contributed by atoms with Gasteiger partial charge in [-0.25, -0.2) is 9.20 Å². The number of benzene rings is 1. The van der Waals surface area contributed by atoms with Gasteiger partial charge in [0.1, 0.15) is 6.04 Å². The molecule has 1 saturated heterocycles. The lowest BCUT2D eigenvalue weighted by molar-refractivity contribution is 0.127. The van der Waals surface area contributed by atoms with Crippen molar-refractivity contribution in [3.63, 3.8) is 0 Å². The highest BCUT2D eigenvalue weighted by molar-refractivity contribution is 5.47. The summed E-state index contributed by atoms with van der Waals surface area (Å²) < 4.78 is 4.00. The zero-order chi connectivity index (χ0) is 22.0. The van der Waals surface area contributed by atoms with Gasteiger partial charge < -0.3 is 0 Å². The lowest BCUT2D eigenvalue weighted by Gasteiger charge is -2.37. The topological polar surface area (TPSA) is 67.4 Å². The lowest BCUT2D eigenvalue weighted by atomic mass is 9.91. The molecule has 0 N–H and O–H groups in total.